The van der Waals surface area contributed by atoms with Crippen molar-refractivity contribution in [3.05, 3.63) is 0 Å². The Bertz CT molecular complexity index is 260. The van der Waals surface area contributed by atoms with E-state index in [-0.39, 0.29) is 11.9 Å². The summed E-state index contributed by atoms with van der Waals surface area (Å²) in [7, 11) is 0. The minimum Gasteiger partial charge on any atom is -0.355 e. The summed E-state index contributed by atoms with van der Waals surface area (Å²) < 4.78 is 0. The van der Waals surface area contributed by atoms with Crippen LogP contribution in [0.3, 0.4) is 0 Å². The number of piperidine rings is 1. The van der Waals surface area contributed by atoms with Gasteiger partial charge in [-0.25, -0.2) is 0 Å². The van der Waals surface area contributed by atoms with Crippen LogP contribution < -0.4 is 11.1 Å². The lowest BCUT2D eigenvalue weighted by molar-refractivity contribution is -0.126. The number of amides is 1. The number of nitrogens with two attached hydrogens (primary N) is 1. The van der Waals surface area contributed by atoms with Crippen molar-refractivity contribution < 1.29 is 4.79 Å². The lowest BCUT2D eigenvalue weighted by Gasteiger charge is -2.35. The van der Waals surface area contributed by atoms with Crippen LogP contribution in [-0.4, -0.2) is 43.0 Å². The summed E-state index contributed by atoms with van der Waals surface area (Å²) in [5, 5.41) is 3.05. The molecule has 1 aliphatic rings. The lowest BCUT2D eigenvalue weighted by atomic mass is 9.93. The molecule has 1 atom stereocenters. The van der Waals surface area contributed by atoms with Crippen molar-refractivity contribution in [2.75, 3.05) is 26.2 Å². The second-order valence-electron chi connectivity index (χ2n) is 6.21. The highest BCUT2D eigenvalue weighted by molar-refractivity contribution is 5.81. The van der Waals surface area contributed by atoms with Crippen LogP contribution in [-0.2, 0) is 4.79 Å². The monoisotopic (exact) mass is 269 g/mol. The number of nitrogens with one attached hydrogen (secondary N) is 1. The van der Waals surface area contributed by atoms with Gasteiger partial charge in [0.1, 0.15) is 0 Å². The zero-order valence-electron chi connectivity index (χ0n) is 12.8. The van der Waals surface area contributed by atoms with E-state index in [1.807, 2.05) is 6.92 Å². The van der Waals surface area contributed by atoms with Crippen molar-refractivity contribution in [2.24, 2.45) is 17.6 Å². The molecule has 0 aromatic rings. The van der Waals surface area contributed by atoms with Crippen LogP contribution in [0.2, 0.25) is 0 Å². The number of hydrogen-bond donors (Lipinski definition) is 2. The summed E-state index contributed by atoms with van der Waals surface area (Å²) in [5.74, 6) is 1.58. The molecule has 4 heteroatoms. The summed E-state index contributed by atoms with van der Waals surface area (Å²) in [5.41, 5.74) is 5.60. The molecule has 3 N–H and O–H groups in total. The van der Waals surface area contributed by atoms with Gasteiger partial charge in [-0.3, -0.25) is 9.69 Å². The first-order chi connectivity index (χ1) is 9.04. The van der Waals surface area contributed by atoms with Gasteiger partial charge in [-0.15, -0.1) is 0 Å². The van der Waals surface area contributed by atoms with E-state index in [1.165, 1.54) is 12.8 Å². The van der Waals surface area contributed by atoms with Gasteiger partial charge < -0.3 is 11.1 Å². The van der Waals surface area contributed by atoms with Gasteiger partial charge in [-0.05, 0) is 64.1 Å². The van der Waals surface area contributed by atoms with Gasteiger partial charge >= 0.3 is 0 Å². The molecule has 0 aromatic heterocycles. The quantitative estimate of drug-likeness (QED) is 0.738. The Morgan fingerprint density at radius 1 is 1.32 bits per heavy atom. The second-order valence-corrected chi connectivity index (χ2v) is 6.21. The maximum absolute atomic E-state index is 12.1. The molecule has 4 nitrogen and oxygen atoms in total. The van der Waals surface area contributed by atoms with E-state index in [0.717, 1.165) is 44.9 Å². The maximum atomic E-state index is 12.1. The highest BCUT2D eigenvalue weighted by Gasteiger charge is 2.25. The van der Waals surface area contributed by atoms with Crippen molar-refractivity contribution in [2.45, 2.75) is 52.5 Å². The third-order valence-corrected chi connectivity index (χ3v) is 4.17. The summed E-state index contributed by atoms with van der Waals surface area (Å²) >= 11 is 0. The second kappa shape index (κ2) is 8.54. The molecular weight excluding hydrogens is 238 g/mol. The minimum absolute atomic E-state index is 0.00555. The Morgan fingerprint density at radius 3 is 2.47 bits per heavy atom. The van der Waals surface area contributed by atoms with Gasteiger partial charge in [0, 0.05) is 6.54 Å². The topological polar surface area (TPSA) is 58.4 Å². The smallest absolute Gasteiger partial charge is 0.237 e. The predicted molar refractivity (Wildman–Crippen MR) is 79.9 cm³/mol. The highest BCUT2D eigenvalue weighted by atomic mass is 16.2. The molecule has 1 heterocycles. The Hall–Kier alpha value is -0.610. The Balaban J connectivity index is 2.25. The van der Waals surface area contributed by atoms with E-state index in [1.54, 1.807) is 0 Å². The summed E-state index contributed by atoms with van der Waals surface area (Å²) in [6.07, 6.45) is 4.54. The molecule has 0 spiro atoms. The molecule has 1 unspecified atom stereocenters. The molecule has 0 saturated carbocycles. The van der Waals surface area contributed by atoms with E-state index >= 15 is 0 Å². The minimum atomic E-state index is 0.00555. The molecule has 0 aromatic carbocycles. The average molecular weight is 269 g/mol. The van der Waals surface area contributed by atoms with Gasteiger partial charge in [0.25, 0.3) is 0 Å². The normalized spacial score (nSPS) is 19.6. The zero-order valence-corrected chi connectivity index (χ0v) is 12.8. The Labute approximate surface area is 118 Å². The lowest BCUT2D eigenvalue weighted by Crippen LogP contribution is -2.48. The van der Waals surface area contributed by atoms with Crippen molar-refractivity contribution >= 4 is 5.91 Å². The van der Waals surface area contributed by atoms with Gasteiger partial charge in [0.2, 0.25) is 5.91 Å². The Morgan fingerprint density at radius 2 is 1.95 bits per heavy atom. The van der Waals surface area contributed by atoms with Gasteiger partial charge in [-0.1, -0.05) is 13.8 Å². The van der Waals surface area contributed by atoms with E-state index in [2.05, 4.69) is 24.1 Å². The van der Waals surface area contributed by atoms with E-state index < -0.39 is 0 Å². The molecule has 1 amide bonds. The van der Waals surface area contributed by atoms with Crippen LogP contribution >= 0.6 is 0 Å². The summed E-state index contributed by atoms with van der Waals surface area (Å²) in [6.45, 7) is 10.0. The molecule has 0 bridgehead atoms. The molecule has 0 aliphatic carbocycles. The van der Waals surface area contributed by atoms with Crippen molar-refractivity contribution in [3.63, 3.8) is 0 Å². The fourth-order valence-electron chi connectivity index (χ4n) is 2.66. The summed E-state index contributed by atoms with van der Waals surface area (Å²) in [6, 6.07) is 0.00555. The van der Waals surface area contributed by atoms with Crippen LogP contribution in [0.1, 0.15) is 46.5 Å². The number of hydrogen-bond acceptors (Lipinski definition) is 3. The predicted octanol–water partition coefficient (Wildman–Crippen LogP) is 1.60. The first-order valence-electron chi connectivity index (χ1n) is 7.76. The third-order valence-electron chi connectivity index (χ3n) is 4.17. The van der Waals surface area contributed by atoms with Crippen LogP contribution in [0, 0.1) is 11.8 Å². The van der Waals surface area contributed by atoms with E-state index in [0.29, 0.717) is 5.92 Å². The van der Waals surface area contributed by atoms with Crippen molar-refractivity contribution in [1.29, 1.82) is 0 Å². The van der Waals surface area contributed by atoms with Crippen LogP contribution in [0.4, 0.5) is 0 Å². The van der Waals surface area contributed by atoms with Crippen LogP contribution in [0.25, 0.3) is 0 Å². The maximum Gasteiger partial charge on any atom is 0.237 e. The van der Waals surface area contributed by atoms with Crippen molar-refractivity contribution in [1.82, 2.24) is 10.2 Å². The molecule has 1 fully saturated rings. The van der Waals surface area contributed by atoms with Crippen molar-refractivity contribution in [3.8, 4) is 0 Å². The van der Waals surface area contributed by atoms with Crippen LogP contribution in [0.5, 0.6) is 0 Å². The van der Waals surface area contributed by atoms with Gasteiger partial charge in [0.05, 0.1) is 6.04 Å². The number of nitrogens with zero attached hydrogens (tertiary/aromatic N) is 1. The molecule has 19 heavy (non-hydrogen) atoms. The molecular formula is C15H31N3O. The SMILES string of the molecule is CC(C)CCNC(=O)C(C)N1CCC(CCN)CC1. The fraction of sp³-hybridized carbons (Fsp3) is 0.933. The summed E-state index contributed by atoms with van der Waals surface area (Å²) in [4.78, 5) is 14.4. The van der Waals surface area contributed by atoms with Gasteiger partial charge in [0.15, 0.2) is 0 Å². The van der Waals surface area contributed by atoms with E-state index in [9.17, 15) is 4.79 Å². The molecule has 1 rings (SSSR count). The Kier molecular flexibility index (Phi) is 7.39. The molecule has 1 saturated heterocycles. The number of rotatable bonds is 7. The van der Waals surface area contributed by atoms with Crippen LogP contribution in [0.15, 0.2) is 0 Å². The first-order valence-corrected chi connectivity index (χ1v) is 7.76. The largest absolute Gasteiger partial charge is 0.355 e. The number of carbonyl (C=O) groups excluding carboxylic acids is 1. The molecule has 112 valence electrons. The zero-order chi connectivity index (χ0) is 14.3. The first kappa shape index (κ1) is 16.4. The average Bonchev–Trinajstić information content (AvgIpc) is 2.38. The van der Waals surface area contributed by atoms with Gasteiger partial charge in [-0.2, -0.15) is 0 Å². The molecule has 0 radical (unpaired) electrons. The number of carbonyl (C=O) groups is 1. The highest BCUT2D eigenvalue weighted by Crippen LogP contribution is 2.21. The molecule has 1 aliphatic heterocycles. The standard InChI is InChI=1S/C15H31N3O/c1-12(2)5-9-17-15(19)13(3)18-10-6-14(4-8-16)7-11-18/h12-14H,4-11,16H2,1-3H3,(H,17,19). The fourth-order valence-corrected chi connectivity index (χ4v) is 2.66. The van der Waals surface area contributed by atoms with E-state index in [4.69, 9.17) is 5.73 Å². The third kappa shape index (κ3) is 5.91. The number of likely N-dealkylation sites (tertiary alicyclic amines) is 1.